The second kappa shape index (κ2) is 9.77. The van der Waals surface area contributed by atoms with Gasteiger partial charge in [0.15, 0.2) is 11.5 Å². The van der Waals surface area contributed by atoms with Crippen molar-refractivity contribution in [1.82, 2.24) is 5.32 Å². The summed E-state index contributed by atoms with van der Waals surface area (Å²) >= 11 is 0. The maximum absolute atomic E-state index is 12.8. The number of fused-ring (bicyclic) bond motifs is 1. The highest BCUT2D eigenvalue weighted by atomic mass is 16.5. The van der Waals surface area contributed by atoms with Crippen LogP contribution >= 0.6 is 0 Å². The first-order valence-electron chi connectivity index (χ1n) is 10.6. The number of hydrogen-bond donors (Lipinski definition) is 1. The van der Waals surface area contributed by atoms with Crippen molar-refractivity contribution < 1.29 is 23.7 Å². The van der Waals surface area contributed by atoms with Gasteiger partial charge in [-0.1, -0.05) is 32.0 Å². The summed E-state index contributed by atoms with van der Waals surface area (Å²) in [6.07, 6.45) is 5.72. The largest absolute Gasteiger partial charge is 0.493 e. The van der Waals surface area contributed by atoms with Gasteiger partial charge in [-0.15, -0.1) is 0 Å². The highest BCUT2D eigenvalue weighted by Crippen LogP contribution is 2.43. The average molecular weight is 426 g/mol. The Morgan fingerprint density at radius 2 is 1.77 bits per heavy atom. The Kier molecular flexibility index (Phi) is 7.10. The van der Waals surface area contributed by atoms with Crippen LogP contribution in [0.1, 0.15) is 50.3 Å². The maximum atomic E-state index is 12.8. The quantitative estimate of drug-likeness (QED) is 0.608. The van der Waals surface area contributed by atoms with Crippen LogP contribution in [0.3, 0.4) is 0 Å². The Balaban J connectivity index is 1.83. The number of rotatable bonds is 8. The fourth-order valence-corrected chi connectivity index (χ4v) is 4.07. The van der Waals surface area contributed by atoms with Crippen LogP contribution in [0.5, 0.6) is 23.0 Å². The summed E-state index contributed by atoms with van der Waals surface area (Å²) in [5.41, 5.74) is 1.45. The Labute approximate surface area is 184 Å². The molecule has 1 aliphatic rings. The molecule has 0 bridgehead atoms. The molecule has 0 unspecified atom stereocenters. The van der Waals surface area contributed by atoms with Gasteiger partial charge in [-0.2, -0.15) is 0 Å². The molecule has 1 atom stereocenters. The summed E-state index contributed by atoms with van der Waals surface area (Å²) in [6, 6.07) is 11.4. The second-order valence-electron chi connectivity index (χ2n) is 7.55. The van der Waals surface area contributed by atoms with Crippen molar-refractivity contribution >= 4 is 12.0 Å². The van der Waals surface area contributed by atoms with Crippen LogP contribution in [0, 0.1) is 0 Å². The van der Waals surface area contributed by atoms with Gasteiger partial charge in [-0.05, 0) is 37.1 Å². The van der Waals surface area contributed by atoms with Gasteiger partial charge in [-0.25, -0.2) is 0 Å². The molecule has 1 amide bonds. The highest BCUT2D eigenvalue weighted by molar-refractivity contribution is 5.92. The lowest BCUT2D eigenvalue weighted by Crippen LogP contribution is -2.44. The predicted molar refractivity (Wildman–Crippen MR) is 121 cm³/mol. The van der Waals surface area contributed by atoms with Crippen LogP contribution in [0.25, 0.3) is 6.08 Å². The van der Waals surface area contributed by atoms with Crippen LogP contribution in [0.4, 0.5) is 0 Å². The average Bonchev–Trinajstić information content (AvgIpc) is 2.81. The minimum atomic E-state index is -0.275. The zero-order chi connectivity index (χ0) is 22.4. The zero-order valence-electron chi connectivity index (χ0n) is 18.9. The van der Waals surface area contributed by atoms with Gasteiger partial charge < -0.3 is 24.3 Å². The van der Waals surface area contributed by atoms with Crippen molar-refractivity contribution in [2.45, 2.75) is 44.8 Å². The SMILES string of the molecule is CCC1(CC)C[C@@H](NC(=O)/C=C/c2ccc(OC)c(OC)c2OC)c2ccccc2O1. The molecular formula is C25H31NO5. The van der Waals surface area contributed by atoms with Crippen molar-refractivity contribution in [1.29, 1.82) is 0 Å². The number of hydrogen-bond acceptors (Lipinski definition) is 5. The monoisotopic (exact) mass is 425 g/mol. The summed E-state index contributed by atoms with van der Waals surface area (Å²) in [6.45, 7) is 4.25. The predicted octanol–water partition coefficient (Wildman–Crippen LogP) is 4.92. The highest BCUT2D eigenvalue weighted by Gasteiger charge is 2.38. The lowest BCUT2D eigenvalue weighted by atomic mass is 9.83. The first kappa shape index (κ1) is 22.5. The molecule has 0 aromatic heterocycles. The van der Waals surface area contributed by atoms with Crippen molar-refractivity contribution in [2.75, 3.05) is 21.3 Å². The second-order valence-corrected chi connectivity index (χ2v) is 7.55. The van der Waals surface area contributed by atoms with Crippen molar-refractivity contribution in [3.8, 4) is 23.0 Å². The molecule has 1 N–H and O–H groups in total. The van der Waals surface area contributed by atoms with Crippen LogP contribution < -0.4 is 24.3 Å². The van der Waals surface area contributed by atoms with Gasteiger partial charge in [0, 0.05) is 23.6 Å². The number of benzene rings is 2. The third-order valence-electron chi connectivity index (χ3n) is 5.95. The summed E-state index contributed by atoms with van der Waals surface area (Å²) in [5, 5.41) is 3.15. The summed E-state index contributed by atoms with van der Waals surface area (Å²) in [5.74, 6) is 2.23. The number of carbonyl (C=O) groups is 1. The molecule has 0 radical (unpaired) electrons. The normalized spacial score (nSPS) is 16.9. The number of methoxy groups -OCH3 is 3. The molecule has 6 nitrogen and oxygen atoms in total. The van der Waals surface area contributed by atoms with Crippen LogP contribution in [-0.2, 0) is 4.79 Å². The van der Waals surface area contributed by atoms with Gasteiger partial charge in [0.1, 0.15) is 11.4 Å². The van der Waals surface area contributed by atoms with Crippen LogP contribution in [0.2, 0.25) is 0 Å². The minimum absolute atomic E-state index is 0.116. The first-order chi connectivity index (χ1) is 15.0. The van der Waals surface area contributed by atoms with Gasteiger partial charge in [0.25, 0.3) is 0 Å². The van der Waals surface area contributed by atoms with E-state index in [4.69, 9.17) is 18.9 Å². The van der Waals surface area contributed by atoms with E-state index >= 15 is 0 Å². The number of carbonyl (C=O) groups excluding carboxylic acids is 1. The van der Waals surface area contributed by atoms with E-state index in [0.717, 1.165) is 36.1 Å². The summed E-state index contributed by atoms with van der Waals surface area (Å²) < 4.78 is 22.5. The number of para-hydroxylation sites is 1. The van der Waals surface area contributed by atoms with Gasteiger partial charge >= 0.3 is 0 Å². The number of ether oxygens (including phenoxy) is 4. The molecule has 1 heterocycles. The van der Waals surface area contributed by atoms with Crippen LogP contribution in [-0.4, -0.2) is 32.8 Å². The molecule has 2 aromatic carbocycles. The van der Waals surface area contributed by atoms with Gasteiger partial charge in [0.05, 0.1) is 27.4 Å². The topological polar surface area (TPSA) is 66.0 Å². The molecule has 166 valence electrons. The van der Waals surface area contributed by atoms with E-state index in [1.165, 1.54) is 6.08 Å². The maximum Gasteiger partial charge on any atom is 0.244 e. The van der Waals surface area contributed by atoms with E-state index in [-0.39, 0.29) is 17.6 Å². The smallest absolute Gasteiger partial charge is 0.244 e. The first-order valence-corrected chi connectivity index (χ1v) is 10.6. The Hall–Kier alpha value is -3.15. The summed E-state index contributed by atoms with van der Waals surface area (Å²) in [4.78, 5) is 12.8. The van der Waals surface area contributed by atoms with Crippen molar-refractivity contribution in [2.24, 2.45) is 0 Å². The van der Waals surface area contributed by atoms with Crippen LogP contribution in [0.15, 0.2) is 42.5 Å². The lowest BCUT2D eigenvalue weighted by molar-refractivity contribution is -0.117. The van der Waals surface area contributed by atoms with E-state index < -0.39 is 0 Å². The lowest BCUT2D eigenvalue weighted by Gasteiger charge is -2.41. The van der Waals surface area contributed by atoms with Gasteiger partial charge in [0.2, 0.25) is 11.7 Å². The Morgan fingerprint density at radius 3 is 2.42 bits per heavy atom. The molecule has 0 saturated heterocycles. The van der Waals surface area contributed by atoms with E-state index in [2.05, 4.69) is 19.2 Å². The Morgan fingerprint density at radius 1 is 1.06 bits per heavy atom. The van der Waals surface area contributed by atoms with E-state index in [9.17, 15) is 4.79 Å². The third-order valence-corrected chi connectivity index (χ3v) is 5.95. The third kappa shape index (κ3) is 4.63. The van der Waals surface area contributed by atoms with E-state index in [1.807, 2.05) is 30.3 Å². The molecule has 2 aromatic rings. The molecule has 0 spiro atoms. The Bertz CT molecular complexity index is 949. The zero-order valence-corrected chi connectivity index (χ0v) is 18.9. The molecule has 31 heavy (non-hydrogen) atoms. The molecule has 0 saturated carbocycles. The number of nitrogens with one attached hydrogen (secondary N) is 1. The fourth-order valence-electron chi connectivity index (χ4n) is 4.07. The van der Waals surface area contributed by atoms with E-state index in [0.29, 0.717) is 17.2 Å². The molecule has 0 aliphatic carbocycles. The van der Waals surface area contributed by atoms with Gasteiger partial charge in [-0.3, -0.25) is 4.79 Å². The molecule has 0 fully saturated rings. The molecule has 1 aliphatic heterocycles. The van der Waals surface area contributed by atoms with Crippen molar-refractivity contribution in [3.05, 3.63) is 53.6 Å². The molecule has 3 rings (SSSR count). The standard InChI is InChI=1S/C25H31NO5/c1-6-25(7-2)16-19(18-10-8-9-11-20(18)31-25)26-22(27)15-13-17-12-14-21(28-3)24(30-5)23(17)29-4/h8-15,19H,6-7,16H2,1-5H3,(H,26,27)/b15-13+/t19-/m1/s1. The fraction of sp³-hybridized carbons (Fsp3) is 0.400. The molecule has 6 heteroatoms. The van der Waals surface area contributed by atoms with E-state index in [1.54, 1.807) is 33.5 Å². The minimum Gasteiger partial charge on any atom is -0.493 e. The number of amides is 1. The van der Waals surface area contributed by atoms with Crippen molar-refractivity contribution in [3.63, 3.8) is 0 Å². The molecular weight excluding hydrogens is 394 g/mol. The summed E-state index contributed by atoms with van der Waals surface area (Å²) in [7, 11) is 4.68.